The molecule has 5 nitrogen and oxygen atoms in total. The Balaban J connectivity index is 2.08. The van der Waals surface area contributed by atoms with Crippen LogP contribution in [0.1, 0.15) is 11.4 Å². The molecule has 1 heterocycles. The normalized spacial score (nSPS) is 11.5. The van der Waals surface area contributed by atoms with E-state index < -0.39 is 18.6 Å². The summed E-state index contributed by atoms with van der Waals surface area (Å²) in [5.41, 5.74) is 1.87. The first-order chi connectivity index (χ1) is 10.8. The van der Waals surface area contributed by atoms with E-state index in [1.807, 2.05) is 36.5 Å². The quantitative estimate of drug-likeness (QED) is 0.847. The lowest BCUT2D eigenvalue weighted by Gasteiger charge is -2.11. The number of nitrogens with zero attached hydrogens (tertiary/aromatic N) is 3. The van der Waals surface area contributed by atoms with E-state index >= 15 is 0 Å². The second-order valence-electron chi connectivity index (χ2n) is 4.83. The number of para-hydroxylation sites is 1. The topological polar surface area (TPSA) is 59.8 Å². The number of carbonyl (C=O) groups excluding carboxylic acids is 1. The van der Waals surface area contributed by atoms with Crippen molar-refractivity contribution in [1.82, 2.24) is 20.1 Å². The third kappa shape index (κ3) is 4.72. The molecule has 2 rings (SSSR count). The lowest BCUT2D eigenvalue weighted by molar-refractivity contribution is -0.136. The van der Waals surface area contributed by atoms with Gasteiger partial charge in [0, 0.05) is 0 Å². The van der Waals surface area contributed by atoms with E-state index in [2.05, 4.69) is 10.2 Å². The van der Waals surface area contributed by atoms with E-state index in [1.54, 1.807) is 11.5 Å². The van der Waals surface area contributed by atoms with Crippen molar-refractivity contribution >= 4 is 17.7 Å². The van der Waals surface area contributed by atoms with Gasteiger partial charge in [0.1, 0.15) is 12.4 Å². The molecular formula is C14H15F3N4OS. The number of aryl methyl sites for hydroxylation is 2. The van der Waals surface area contributed by atoms with Crippen molar-refractivity contribution in [1.29, 1.82) is 0 Å². The van der Waals surface area contributed by atoms with Crippen LogP contribution in [0.2, 0.25) is 0 Å². The molecule has 0 aliphatic carbocycles. The fourth-order valence-electron chi connectivity index (χ4n) is 1.91. The molecular weight excluding hydrogens is 329 g/mol. The summed E-state index contributed by atoms with van der Waals surface area (Å²) in [4.78, 5) is 11.5. The summed E-state index contributed by atoms with van der Waals surface area (Å²) >= 11 is 1.04. The Labute approximate surface area is 135 Å². The van der Waals surface area contributed by atoms with E-state index in [0.29, 0.717) is 11.0 Å². The minimum Gasteiger partial charge on any atom is -0.346 e. The van der Waals surface area contributed by atoms with Gasteiger partial charge in [-0.05, 0) is 25.5 Å². The molecule has 1 N–H and O–H groups in total. The molecule has 2 aromatic rings. The summed E-state index contributed by atoms with van der Waals surface area (Å²) in [7, 11) is 0. The van der Waals surface area contributed by atoms with E-state index in [9.17, 15) is 18.0 Å². The molecule has 0 spiro atoms. The highest BCUT2D eigenvalue weighted by Gasteiger charge is 2.27. The fraction of sp³-hybridized carbons (Fsp3) is 0.357. The highest BCUT2D eigenvalue weighted by atomic mass is 32.2. The van der Waals surface area contributed by atoms with Gasteiger partial charge in [-0.2, -0.15) is 13.2 Å². The van der Waals surface area contributed by atoms with E-state index in [0.717, 1.165) is 23.0 Å². The van der Waals surface area contributed by atoms with Gasteiger partial charge in [-0.3, -0.25) is 9.36 Å². The first-order valence-electron chi connectivity index (χ1n) is 6.72. The minimum atomic E-state index is -4.42. The zero-order chi connectivity index (χ0) is 17.0. The maximum absolute atomic E-state index is 12.1. The number of halogens is 3. The van der Waals surface area contributed by atoms with E-state index in [4.69, 9.17) is 0 Å². The Bertz CT molecular complexity index is 700. The van der Waals surface area contributed by atoms with Gasteiger partial charge in [-0.1, -0.05) is 30.0 Å². The molecule has 0 aliphatic rings. The van der Waals surface area contributed by atoms with Crippen LogP contribution in [0.5, 0.6) is 0 Å². The summed E-state index contributed by atoms with van der Waals surface area (Å²) in [6.07, 6.45) is -4.42. The summed E-state index contributed by atoms with van der Waals surface area (Å²) < 4.78 is 38.0. The molecule has 0 bridgehead atoms. The maximum atomic E-state index is 12.1. The van der Waals surface area contributed by atoms with Crippen molar-refractivity contribution in [3.05, 3.63) is 35.7 Å². The lowest BCUT2D eigenvalue weighted by Crippen LogP contribution is -2.34. The number of aromatic nitrogens is 3. The Hall–Kier alpha value is -2.03. The monoisotopic (exact) mass is 344 g/mol. The molecule has 124 valence electrons. The van der Waals surface area contributed by atoms with Gasteiger partial charge >= 0.3 is 6.18 Å². The Morgan fingerprint density at radius 2 is 1.96 bits per heavy atom. The predicted octanol–water partition coefficient (Wildman–Crippen LogP) is 2.65. The summed E-state index contributed by atoms with van der Waals surface area (Å²) in [6.45, 7) is 2.36. The Morgan fingerprint density at radius 3 is 2.61 bits per heavy atom. The number of hydrogen-bond acceptors (Lipinski definition) is 4. The van der Waals surface area contributed by atoms with Gasteiger partial charge in [-0.25, -0.2) is 0 Å². The molecule has 0 saturated heterocycles. The van der Waals surface area contributed by atoms with Crippen molar-refractivity contribution in [3.8, 4) is 5.69 Å². The van der Waals surface area contributed by atoms with Crippen molar-refractivity contribution in [2.75, 3.05) is 12.3 Å². The highest BCUT2D eigenvalue weighted by molar-refractivity contribution is 7.99. The van der Waals surface area contributed by atoms with Crippen LogP contribution >= 0.6 is 11.8 Å². The SMILES string of the molecule is Cc1ccccc1-n1c(C)nnc1SCC(=O)NCC(F)(F)F. The number of hydrogen-bond donors (Lipinski definition) is 1. The number of rotatable bonds is 5. The van der Waals surface area contributed by atoms with Crippen molar-refractivity contribution in [3.63, 3.8) is 0 Å². The van der Waals surface area contributed by atoms with Crippen LogP contribution in [0.25, 0.3) is 5.69 Å². The van der Waals surface area contributed by atoms with Crippen LogP contribution in [-0.2, 0) is 4.79 Å². The molecule has 0 unspecified atom stereocenters. The largest absolute Gasteiger partial charge is 0.405 e. The number of amides is 1. The number of alkyl halides is 3. The average Bonchev–Trinajstić information content (AvgIpc) is 2.84. The molecule has 1 aromatic heterocycles. The minimum absolute atomic E-state index is 0.167. The van der Waals surface area contributed by atoms with Crippen molar-refractivity contribution < 1.29 is 18.0 Å². The van der Waals surface area contributed by atoms with Gasteiger partial charge in [0.15, 0.2) is 5.16 Å². The molecule has 0 radical (unpaired) electrons. The first-order valence-corrected chi connectivity index (χ1v) is 7.71. The molecule has 23 heavy (non-hydrogen) atoms. The van der Waals surface area contributed by atoms with Crippen LogP contribution < -0.4 is 5.32 Å². The van der Waals surface area contributed by atoms with Crippen LogP contribution in [-0.4, -0.2) is 39.1 Å². The van der Waals surface area contributed by atoms with Gasteiger partial charge in [-0.15, -0.1) is 10.2 Å². The van der Waals surface area contributed by atoms with Crippen LogP contribution in [0.4, 0.5) is 13.2 Å². The molecule has 1 aromatic carbocycles. The van der Waals surface area contributed by atoms with Gasteiger partial charge in [0.05, 0.1) is 11.4 Å². The highest BCUT2D eigenvalue weighted by Crippen LogP contribution is 2.23. The second kappa shape index (κ2) is 7.03. The number of benzene rings is 1. The van der Waals surface area contributed by atoms with Gasteiger partial charge in [0.2, 0.25) is 5.91 Å². The van der Waals surface area contributed by atoms with Crippen molar-refractivity contribution in [2.45, 2.75) is 25.2 Å². The van der Waals surface area contributed by atoms with Crippen LogP contribution in [0.15, 0.2) is 29.4 Å². The molecule has 0 fully saturated rings. The average molecular weight is 344 g/mol. The standard InChI is InChI=1S/C14H15F3N4OS/c1-9-5-3-4-6-11(9)21-10(2)19-20-13(21)23-7-12(22)18-8-14(15,16)17/h3-6H,7-8H2,1-2H3,(H,18,22). The molecule has 0 atom stereocenters. The van der Waals surface area contributed by atoms with Crippen molar-refractivity contribution in [2.24, 2.45) is 0 Å². The number of carbonyl (C=O) groups is 1. The van der Waals surface area contributed by atoms with Gasteiger partial charge < -0.3 is 5.32 Å². The zero-order valence-corrected chi connectivity index (χ0v) is 13.3. The summed E-state index contributed by atoms with van der Waals surface area (Å²) in [6, 6.07) is 7.58. The second-order valence-corrected chi connectivity index (χ2v) is 5.77. The smallest absolute Gasteiger partial charge is 0.346 e. The van der Waals surface area contributed by atoms with Crippen LogP contribution in [0.3, 0.4) is 0 Å². The fourth-order valence-corrected chi connectivity index (χ4v) is 2.73. The van der Waals surface area contributed by atoms with Gasteiger partial charge in [0.25, 0.3) is 0 Å². The molecule has 9 heteroatoms. The predicted molar refractivity (Wildman–Crippen MR) is 80.6 cm³/mol. The Morgan fingerprint density at radius 1 is 1.26 bits per heavy atom. The maximum Gasteiger partial charge on any atom is 0.405 e. The zero-order valence-electron chi connectivity index (χ0n) is 12.5. The summed E-state index contributed by atoms with van der Waals surface area (Å²) in [5, 5.41) is 10.3. The summed E-state index contributed by atoms with van der Waals surface area (Å²) in [5.74, 6) is -0.234. The van der Waals surface area contributed by atoms with E-state index in [-0.39, 0.29) is 5.75 Å². The first kappa shape index (κ1) is 17.3. The third-order valence-corrected chi connectivity index (χ3v) is 3.90. The van der Waals surface area contributed by atoms with E-state index in [1.165, 1.54) is 0 Å². The number of nitrogens with one attached hydrogen (secondary N) is 1. The molecule has 0 saturated carbocycles. The lowest BCUT2D eigenvalue weighted by atomic mass is 10.2. The molecule has 0 aliphatic heterocycles. The van der Waals surface area contributed by atoms with Crippen LogP contribution in [0, 0.1) is 13.8 Å². The Kier molecular flexibility index (Phi) is 5.30. The molecule has 1 amide bonds. The third-order valence-electron chi connectivity index (χ3n) is 2.97. The number of thioether (sulfide) groups is 1.